The van der Waals surface area contributed by atoms with Crippen molar-refractivity contribution in [3.8, 4) is 22.8 Å². The Balaban J connectivity index is 1.72. The first-order chi connectivity index (χ1) is 16.1. The minimum atomic E-state index is 0.253. The molecule has 0 amide bonds. The molecule has 0 saturated carbocycles. The molecule has 2 nitrogen and oxygen atoms in total. The summed E-state index contributed by atoms with van der Waals surface area (Å²) in [5.41, 5.74) is 7.86. The average Bonchev–Trinajstić information content (AvgIpc) is 2.77. The van der Waals surface area contributed by atoms with Gasteiger partial charge in [0.2, 0.25) is 5.69 Å². The predicted octanol–water partition coefficient (Wildman–Crippen LogP) is 8.26. The molecular formula is C32H32NO+. The van der Waals surface area contributed by atoms with Crippen LogP contribution in [0.3, 0.4) is 0 Å². The van der Waals surface area contributed by atoms with Crippen LogP contribution in [-0.4, -0.2) is 0 Å². The van der Waals surface area contributed by atoms with Crippen molar-refractivity contribution >= 4 is 32.3 Å². The molecule has 4 aromatic carbocycles. The van der Waals surface area contributed by atoms with Gasteiger partial charge in [-0.1, -0.05) is 62.7 Å². The van der Waals surface area contributed by atoms with Crippen LogP contribution in [-0.2, 0) is 13.5 Å². The Morgan fingerprint density at radius 3 is 2.29 bits per heavy atom. The molecule has 0 bridgehead atoms. The molecule has 6 rings (SSSR count). The van der Waals surface area contributed by atoms with Crippen molar-refractivity contribution in [3.05, 3.63) is 77.0 Å². The summed E-state index contributed by atoms with van der Waals surface area (Å²) in [6, 6.07) is 18.2. The molecule has 0 fully saturated rings. The van der Waals surface area contributed by atoms with Crippen LogP contribution in [0.1, 0.15) is 43.0 Å². The molecule has 0 radical (unpaired) electrons. The second-order valence-electron chi connectivity index (χ2n) is 11.3. The van der Waals surface area contributed by atoms with Crippen molar-refractivity contribution in [2.24, 2.45) is 12.5 Å². The summed E-state index contributed by atoms with van der Waals surface area (Å²) >= 11 is 0. The van der Waals surface area contributed by atoms with E-state index in [1.54, 1.807) is 0 Å². The summed E-state index contributed by atoms with van der Waals surface area (Å²) in [5, 5.41) is 7.46. The maximum absolute atomic E-state index is 6.90. The van der Waals surface area contributed by atoms with E-state index in [0.29, 0.717) is 0 Å². The molecule has 0 saturated heterocycles. The van der Waals surface area contributed by atoms with Crippen molar-refractivity contribution in [3.63, 3.8) is 0 Å². The maximum atomic E-state index is 6.90. The summed E-state index contributed by atoms with van der Waals surface area (Å²) in [5.74, 6) is 1.99. The van der Waals surface area contributed by atoms with Crippen LogP contribution in [0.4, 0.5) is 0 Å². The van der Waals surface area contributed by atoms with Crippen molar-refractivity contribution in [1.29, 1.82) is 0 Å². The lowest BCUT2D eigenvalue weighted by Crippen LogP contribution is -2.32. The van der Waals surface area contributed by atoms with Crippen LogP contribution in [0.5, 0.6) is 11.5 Å². The van der Waals surface area contributed by atoms with Gasteiger partial charge in [0.15, 0.2) is 6.20 Å². The van der Waals surface area contributed by atoms with Gasteiger partial charge in [0, 0.05) is 17.0 Å². The highest BCUT2D eigenvalue weighted by atomic mass is 16.5. The molecule has 2 heteroatoms. The topological polar surface area (TPSA) is 13.1 Å². The van der Waals surface area contributed by atoms with E-state index in [2.05, 4.69) is 108 Å². The Morgan fingerprint density at radius 1 is 0.765 bits per heavy atom. The van der Waals surface area contributed by atoms with Gasteiger partial charge in [0.1, 0.15) is 18.5 Å². The van der Waals surface area contributed by atoms with Gasteiger partial charge in [-0.2, -0.15) is 0 Å². The van der Waals surface area contributed by atoms with Crippen LogP contribution >= 0.6 is 0 Å². The number of benzene rings is 4. The largest absolute Gasteiger partial charge is 0.455 e. The minimum absolute atomic E-state index is 0.253. The van der Waals surface area contributed by atoms with E-state index < -0.39 is 0 Å². The SMILES string of the molecule is Cc1ccc2c(C)c3c(c(C)c2c1)Oc1c2ccc(CC(C)(C)C)cc2cc2cc[n+](C)c-3c12. The van der Waals surface area contributed by atoms with Crippen LogP contribution in [0.2, 0.25) is 0 Å². The van der Waals surface area contributed by atoms with Crippen molar-refractivity contribution in [2.45, 2.75) is 48.0 Å². The Hall–Kier alpha value is -3.39. The highest BCUT2D eigenvalue weighted by molar-refractivity contribution is 6.13. The highest BCUT2D eigenvalue weighted by Crippen LogP contribution is 2.52. The van der Waals surface area contributed by atoms with Gasteiger partial charge in [-0.15, -0.1) is 0 Å². The third-order valence-corrected chi connectivity index (χ3v) is 7.36. The first-order valence-electron chi connectivity index (χ1n) is 12.2. The van der Waals surface area contributed by atoms with E-state index in [-0.39, 0.29) is 5.41 Å². The molecule has 1 aromatic heterocycles. The second kappa shape index (κ2) is 7.06. The van der Waals surface area contributed by atoms with Crippen molar-refractivity contribution in [2.75, 3.05) is 0 Å². The van der Waals surface area contributed by atoms with E-state index in [0.717, 1.165) is 17.9 Å². The van der Waals surface area contributed by atoms with Crippen molar-refractivity contribution < 1.29 is 9.30 Å². The third kappa shape index (κ3) is 3.05. The number of hydrogen-bond donors (Lipinski definition) is 0. The normalized spacial score (nSPS) is 12.9. The molecule has 5 aromatic rings. The number of aromatic nitrogens is 1. The Kier molecular flexibility index (Phi) is 4.39. The molecule has 0 N–H and O–H groups in total. The smallest absolute Gasteiger partial charge is 0.228 e. The van der Waals surface area contributed by atoms with Crippen LogP contribution in [0, 0.1) is 26.2 Å². The molecule has 34 heavy (non-hydrogen) atoms. The van der Waals surface area contributed by atoms with Crippen LogP contribution in [0.25, 0.3) is 43.6 Å². The minimum Gasteiger partial charge on any atom is -0.455 e. The monoisotopic (exact) mass is 446 g/mol. The Labute approximate surface area is 201 Å². The molecule has 0 spiro atoms. The zero-order valence-corrected chi connectivity index (χ0v) is 21.3. The molecule has 1 aliphatic heterocycles. The maximum Gasteiger partial charge on any atom is 0.228 e. The van der Waals surface area contributed by atoms with E-state index in [4.69, 9.17) is 4.74 Å². The van der Waals surface area contributed by atoms with E-state index >= 15 is 0 Å². The highest BCUT2D eigenvalue weighted by Gasteiger charge is 2.33. The summed E-state index contributed by atoms with van der Waals surface area (Å²) < 4.78 is 9.17. The van der Waals surface area contributed by atoms with Crippen LogP contribution in [0.15, 0.2) is 54.7 Å². The fraction of sp³-hybridized carbons (Fsp3) is 0.281. The lowest BCUT2D eigenvalue weighted by molar-refractivity contribution is -0.659. The number of aryl methyl sites for hydroxylation is 4. The number of rotatable bonds is 1. The van der Waals surface area contributed by atoms with E-state index in [9.17, 15) is 0 Å². The van der Waals surface area contributed by atoms with Gasteiger partial charge >= 0.3 is 0 Å². The average molecular weight is 447 g/mol. The fourth-order valence-corrected chi connectivity index (χ4v) is 5.82. The fourth-order valence-electron chi connectivity index (χ4n) is 5.82. The number of hydrogen-bond acceptors (Lipinski definition) is 1. The summed E-state index contributed by atoms with van der Waals surface area (Å²) in [6.45, 7) is 13.5. The Morgan fingerprint density at radius 2 is 1.53 bits per heavy atom. The standard InChI is InChI=1S/C32H32NO/c1-18-8-10-24-19(2)27-29-28-22(12-13-33(29)7)16-23-15-21(17-32(4,5)6)9-11-25(23)31(28)34-30(27)20(3)26(24)14-18/h8-16H,17H2,1-7H3/q+1. The van der Waals surface area contributed by atoms with Gasteiger partial charge in [0.25, 0.3) is 0 Å². The predicted molar refractivity (Wildman–Crippen MR) is 143 cm³/mol. The zero-order chi connectivity index (χ0) is 23.9. The molecule has 170 valence electrons. The molecule has 0 atom stereocenters. The number of ether oxygens (including phenoxy) is 1. The lowest BCUT2D eigenvalue weighted by Gasteiger charge is -2.25. The Bertz CT molecular complexity index is 1670. The van der Waals surface area contributed by atoms with E-state index in [1.807, 2.05) is 0 Å². The van der Waals surface area contributed by atoms with Crippen molar-refractivity contribution in [1.82, 2.24) is 0 Å². The van der Waals surface area contributed by atoms with Gasteiger partial charge in [-0.3, -0.25) is 0 Å². The number of pyridine rings is 1. The second-order valence-corrected chi connectivity index (χ2v) is 11.3. The molecule has 1 aliphatic rings. The number of fused-ring (bicyclic) bond motifs is 5. The van der Waals surface area contributed by atoms with Crippen LogP contribution < -0.4 is 9.30 Å². The zero-order valence-electron chi connectivity index (χ0n) is 21.3. The molecule has 0 aliphatic carbocycles. The van der Waals surface area contributed by atoms with Gasteiger partial charge < -0.3 is 4.74 Å². The first-order valence-corrected chi connectivity index (χ1v) is 12.2. The summed E-state index contributed by atoms with van der Waals surface area (Å²) in [6.07, 6.45) is 3.24. The molecule has 2 heterocycles. The third-order valence-electron chi connectivity index (χ3n) is 7.36. The number of nitrogens with zero attached hydrogens (tertiary/aromatic N) is 1. The molecular weight excluding hydrogens is 414 g/mol. The first kappa shape index (κ1) is 21.2. The quantitative estimate of drug-likeness (QED) is 0.183. The van der Waals surface area contributed by atoms with Gasteiger partial charge in [0.05, 0.1) is 10.9 Å². The molecule has 0 unspecified atom stereocenters. The summed E-state index contributed by atoms with van der Waals surface area (Å²) in [4.78, 5) is 0. The summed E-state index contributed by atoms with van der Waals surface area (Å²) in [7, 11) is 2.15. The van der Waals surface area contributed by atoms with Gasteiger partial charge in [-0.25, -0.2) is 4.57 Å². The van der Waals surface area contributed by atoms with E-state index in [1.165, 1.54) is 65.8 Å². The van der Waals surface area contributed by atoms with Gasteiger partial charge in [-0.05, 0) is 71.3 Å². The lowest BCUT2D eigenvalue weighted by atomic mass is 9.86.